The van der Waals surface area contributed by atoms with E-state index < -0.39 is 0 Å². The first-order valence-corrected chi connectivity index (χ1v) is 8.53. The van der Waals surface area contributed by atoms with Crippen molar-refractivity contribution in [3.05, 3.63) is 23.0 Å². The van der Waals surface area contributed by atoms with Crippen LogP contribution < -0.4 is 15.4 Å². The van der Waals surface area contributed by atoms with Crippen molar-refractivity contribution in [1.82, 2.24) is 15.6 Å². The van der Waals surface area contributed by atoms with Gasteiger partial charge in [0.2, 0.25) is 0 Å². The van der Waals surface area contributed by atoms with Crippen LogP contribution in [0.5, 0.6) is 5.75 Å². The number of pyridine rings is 1. The number of hydrogen-bond donors (Lipinski definition) is 2. The Kier molecular flexibility index (Phi) is 7.97. The largest absolute Gasteiger partial charge is 0.496 e. The molecule has 1 aromatic heterocycles. The number of rotatable bonds is 7. The molecule has 5 nitrogen and oxygen atoms in total. The van der Waals surface area contributed by atoms with Crippen LogP contribution in [0.2, 0.25) is 0 Å². The van der Waals surface area contributed by atoms with Crippen LogP contribution in [-0.4, -0.2) is 43.2 Å². The highest BCUT2D eigenvalue weighted by atomic mass is 32.2. The highest BCUT2D eigenvalue weighted by Crippen LogP contribution is 2.24. The average molecular weight is 310 g/mol. The van der Waals surface area contributed by atoms with E-state index in [1.807, 2.05) is 31.8 Å². The second-order valence-electron chi connectivity index (χ2n) is 4.66. The van der Waals surface area contributed by atoms with E-state index in [9.17, 15) is 0 Å². The van der Waals surface area contributed by atoms with Gasteiger partial charge in [-0.1, -0.05) is 0 Å². The third-order valence-corrected chi connectivity index (χ3v) is 3.69. The minimum atomic E-state index is 0.539. The van der Waals surface area contributed by atoms with Gasteiger partial charge in [0.15, 0.2) is 5.96 Å². The second-order valence-corrected chi connectivity index (χ2v) is 5.65. The summed E-state index contributed by atoms with van der Waals surface area (Å²) in [6.45, 7) is 8.37. The molecule has 21 heavy (non-hydrogen) atoms. The lowest BCUT2D eigenvalue weighted by Crippen LogP contribution is -2.38. The quantitative estimate of drug-likeness (QED) is 0.459. The van der Waals surface area contributed by atoms with Crippen molar-refractivity contribution >= 4 is 17.7 Å². The molecule has 2 N–H and O–H groups in total. The SMILES string of the molecule is CCNC(=NCc1ncc(C)c(OC)c1C)NCCSC. The smallest absolute Gasteiger partial charge is 0.191 e. The fraction of sp³-hybridized carbons (Fsp3) is 0.600. The Bertz CT molecular complexity index is 477. The van der Waals surface area contributed by atoms with Crippen LogP contribution in [0.15, 0.2) is 11.2 Å². The molecule has 0 radical (unpaired) electrons. The minimum absolute atomic E-state index is 0.539. The maximum absolute atomic E-state index is 5.43. The molecule has 1 aromatic rings. The van der Waals surface area contributed by atoms with Gasteiger partial charge in [0.05, 0.1) is 19.3 Å². The Morgan fingerprint density at radius 3 is 2.76 bits per heavy atom. The van der Waals surface area contributed by atoms with E-state index in [2.05, 4.69) is 33.8 Å². The van der Waals surface area contributed by atoms with Crippen LogP contribution in [-0.2, 0) is 6.54 Å². The van der Waals surface area contributed by atoms with Crippen molar-refractivity contribution in [1.29, 1.82) is 0 Å². The summed E-state index contributed by atoms with van der Waals surface area (Å²) in [4.78, 5) is 9.06. The molecule has 0 amide bonds. The van der Waals surface area contributed by atoms with E-state index in [0.717, 1.165) is 47.4 Å². The van der Waals surface area contributed by atoms with Crippen LogP contribution in [0.4, 0.5) is 0 Å². The molecular weight excluding hydrogens is 284 g/mol. The molecule has 0 bridgehead atoms. The van der Waals surface area contributed by atoms with Crippen LogP contribution >= 0.6 is 11.8 Å². The number of ether oxygens (including phenoxy) is 1. The molecule has 0 spiro atoms. The van der Waals surface area contributed by atoms with Gasteiger partial charge in [0.25, 0.3) is 0 Å². The van der Waals surface area contributed by atoms with E-state index in [1.54, 1.807) is 7.11 Å². The molecule has 1 heterocycles. The Labute approximate surface area is 132 Å². The molecule has 0 aliphatic heterocycles. The molecule has 0 saturated carbocycles. The van der Waals surface area contributed by atoms with Gasteiger partial charge in [-0.2, -0.15) is 11.8 Å². The molecule has 0 aliphatic rings. The summed E-state index contributed by atoms with van der Waals surface area (Å²) >= 11 is 1.81. The summed E-state index contributed by atoms with van der Waals surface area (Å²) < 4.78 is 5.43. The van der Waals surface area contributed by atoms with E-state index in [-0.39, 0.29) is 0 Å². The van der Waals surface area contributed by atoms with Gasteiger partial charge < -0.3 is 15.4 Å². The van der Waals surface area contributed by atoms with Gasteiger partial charge >= 0.3 is 0 Å². The van der Waals surface area contributed by atoms with E-state index in [1.165, 1.54) is 0 Å². The third kappa shape index (κ3) is 5.46. The zero-order valence-corrected chi connectivity index (χ0v) is 14.4. The van der Waals surface area contributed by atoms with Gasteiger partial charge in [0.1, 0.15) is 5.75 Å². The number of guanidine groups is 1. The topological polar surface area (TPSA) is 58.5 Å². The second kappa shape index (κ2) is 9.50. The van der Waals surface area contributed by atoms with Gasteiger partial charge in [-0.15, -0.1) is 0 Å². The van der Waals surface area contributed by atoms with Crippen LogP contribution in [0.1, 0.15) is 23.7 Å². The summed E-state index contributed by atoms with van der Waals surface area (Å²) in [5, 5.41) is 6.55. The number of nitrogens with one attached hydrogen (secondary N) is 2. The van der Waals surface area contributed by atoms with Crippen molar-refractivity contribution in [2.75, 3.05) is 32.2 Å². The van der Waals surface area contributed by atoms with Crippen LogP contribution in [0, 0.1) is 13.8 Å². The molecule has 0 unspecified atom stereocenters. The number of methoxy groups -OCH3 is 1. The molecule has 118 valence electrons. The number of aromatic nitrogens is 1. The summed E-state index contributed by atoms with van der Waals surface area (Å²) in [7, 11) is 1.69. The van der Waals surface area contributed by atoms with E-state index >= 15 is 0 Å². The first-order chi connectivity index (χ1) is 10.1. The first-order valence-electron chi connectivity index (χ1n) is 7.14. The summed E-state index contributed by atoms with van der Waals surface area (Å²) in [5.41, 5.74) is 3.05. The van der Waals surface area contributed by atoms with Crippen LogP contribution in [0.25, 0.3) is 0 Å². The fourth-order valence-corrected chi connectivity index (χ4v) is 2.30. The standard InChI is InChI=1S/C15H26N4OS/c1-6-16-15(17-7-8-21-5)19-10-13-12(3)14(20-4)11(2)9-18-13/h9H,6-8,10H2,1-5H3,(H2,16,17,19). The molecular formula is C15H26N4OS. The molecule has 6 heteroatoms. The predicted molar refractivity (Wildman–Crippen MR) is 91.5 cm³/mol. The highest BCUT2D eigenvalue weighted by Gasteiger charge is 2.09. The fourth-order valence-electron chi connectivity index (χ4n) is 2.00. The number of aliphatic imine (C=N–C) groups is 1. The minimum Gasteiger partial charge on any atom is -0.496 e. The summed E-state index contributed by atoms with van der Waals surface area (Å²) in [6, 6.07) is 0. The average Bonchev–Trinajstić information content (AvgIpc) is 2.47. The summed E-state index contributed by atoms with van der Waals surface area (Å²) in [6.07, 6.45) is 3.93. The molecule has 1 rings (SSSR count). The molecule has 0 atom stereocenters. The van der Waals surface area contributed by atoms with Crippen molar-refractivity contribution in [3.8, 4) is 5.75 Å². The lowest BCUT2D eigenvalue weighted by atomic mass is 10.1. The molecule has 0 fully saturated rings. The van der Waals surface area contributed by atoms with Gasteiger partial charge in [-0.05, 0) is 27.0 Å². The van der Waals surface area contributed by atoms with E-state index in [0.29, 0.717) is 6.54 Å². The Hall–Kier alpha value is -1.43. The van der Waals surface area contributed by atoms with Crippen molar-refractivity contribution in [2.24, 2.45) is 4.99 Å². The van der Waals surface area contributed by atoms with Gasteiger partial charge in [-0.25, -0.2) is 4.99 Å². The lowest BCUT2D eigenvalue weighted by Gasteiger charge is -2.13. The maximum Gasteiger partial charge on any atom is 0.191 e. The first kappa shape index (κ1) is 17.6. The lowest BCUT2D eigenvalue weighted by molar-refractivity contribution is 0.407. The number of thioether (sulfide) groups is 1. The van der Waals surface area contributed by atoms with Crippen molar-refractivity contribution < 1.29 is 4.74 Å². The van der Waals surface area contributed by atoms with Crippen molar-refractivity contribution in [3.63, 3.8) is 0 Å². The Balaban J connectivity index is 2.79. The number of aryl methyl sites for hydroxylation is 1. The number of hydrogen-bond acceptors (Lipinski definition) is 4. The number of nitrogens with zero attached hydrogens (tertiary/aromatic N) is 2. The molecule has 0 saturated heterocycles. The van der Waals surface area contributed by atoms with Crippen molar-refractivity contribution in [2.45, 2.75) is 27.3 Å². The van der Waals surface area contributed by atoms with Gasteiger partial charge in [-0.3, -0.25) is 4.98 Å². The Morgan fingerprint density at radius 2 is 2.14 bits per heavy atom. The summed E-state index contributed by atoms with van der Waals surface area (Å²) in [5.74, 6) is 2.78. The zero-order valence-electron chi connectivity index (χ0n) is 13.6. The van der Waals surface area contributed by atoms with E-state index in [4.69, 9.17) is 4.74 Å². The Morgan fingerprint density at radius 1 is 1.38 bits per heavy atom. The normalized spacial score (nSPS) is 11.4. The zero-order chi connectivity index (χ0) is 15.7. The monoisotopic (exact) mass is 310 g/mol. The molecule has 0 aromatic carbocycles. The predicted octanol–water partition coefficient (Wildman–Crippen LogP) is 2.13. The highest BCUT2D eigenvalue weighted by molar-refractivity contribution is 7.98. The maximum atomic E-state index is 5.43. The third-order valence-electron chi connectivity index (χ3n) is 3.08. The molecule has 0 aliphatic carbocycles. The van der Waals surface area contributed by atoms with Gasteiger partial charge in [0, 0.05) is 36.2 Å². The van der Waals surface area contributed by atoms with Crippen LogP contribution in [0.3, 0.4) is 0 Å².